The van der Waals surface area contributed by atoms with Gasteiger partial charge >= 0.3 is 0 Å². The third-order valence-corrected chi connectivity index (χ3v) is 8.13. The molecule has 0 bridgehead atoms. The van der Waals surface area contributed by atoms with Gasteiger partial charge in [0, 0.05) is 0 Å². The Kier molecular flexibility index (Phi) is 13.2. The minimum absolute atomic E-state index is 0.127. The van der Waals surface area contributed by atoms with E-state index >= 15 is 0 Å². The van der Waals surface area contributed by atoms with Crippen LogP contribution >= 0.6 is 0 Å². The van der Waals surface area contributed by atoms with E-state index in [-0.39, 0.29) is 23.8 Å². The summed E-state index contributed by atoms with van der Waals surface area (Å²) in [4.78, 5) is 0. The Morgan fingerprint density at radius 2 is 1.19 bits per heavy atom. The highest BCUT2D eigenvalue weighted by Gasteiger charge is 2.47. The molecule has 0 saturated carbocycles. The lowest BCUT2D eigenvalue weighted by Crippen LogP contribution is -2.44. The molecule has 0 aliphatic heterocycles. The molecule has 4 nitrogen and oxygen atoms in total. The lowest BCUT2D eigenvalue weighted by molar-refractivity contribution is 0.115. The van der Waals surface area contributed by atoms with Crippen molar-refractivity contribution in [1.82, 2.24) is 0 Å². The average molecular weight is 431 g/mol. The summed E-state index contributed by atoms with van der Waals surface area (Å²) in [5.74, 6) is 1.44. The Balaban J connectivity index is 6.61. The van der Waals surface area contributed by atoms with E-state index in [1.807, 2.05) is 0 Å². The van der Waals surface area contributed by atoms with Crippen molar-refractivity contribution in [2.45, 2.75) is 126 Å². The van der Waals surface area contributed by atoms with Gasteiger partial charge in [-0.3, -0.25) is 0 Å². The van der Waals surface area contributed by atoms with Gasteiger partial charge in [0.2, 0.25) is 0 Å². The quantitative estimate of drug-likeness (QED) is 0.244. The van der Waals surface area contributed by atoms with E-state index in [2.05, 4.69) is 81.4 Å². The topological polar surface area (TPSA) is 72.3 Å². The van der Waals surface area contributed by atoms with Crippen LogP contribution in [0.2, 0.25) is 0 Å². The van der Waals surface area contributed by atoms with Gasteiger partial charge in [-0.25, -0.2) is 0 Å². The summed E-state index contributed by atoms with van der Waals surface area (Å²) in [6, 6.07) is 5.13. The van der Waals surface area contributed by atoms with E-state index in [1.165, 1.54) is 0 Å². The molecule has 8 atom stereocenters. The number of rotatable bonds is 15. The Labute approximate surface area is 193 Å². The van der Waals surface area contributed by atoms with Crippen LogP contribution in [0, 0.1) is 57.7 Å². The number of hydrogen-bond acceptors (Lipinski definition) is 4. The van der Waals surface area contributed by atoms with E-state index in [0.717, 1.165) is 44.9 Å². The minimum atomic E-state index is -0.817. The first kappa shape index (κ1) is 29.6. The zero-order valence-corrected chi connectivity index (χ0v) is 22.2. The summed E-state index contributed by atoms with van der Waals surface area (Å²) >= 11 is 0. The molecule has 31 heavy (non-hydrogen) atoms. The fourth-order valence-corrected chi connectivity index (χ4v) is 4.57. The molecular formula is C27H50N4. The molecule has 0 amide bonds. The highest BCUT2D eigenvalue weighted by Crippen LogP contribution is 2.46. The third-order valence-electron chi connectivity index (χ3n) is 8.13. The largest absolute Gasteiger partial charge is 0.198 e. The van der Waals surface area contributed by atoms with Crippen LogP contribution < -0.4 is 0 Å². The molecule has 0 saturated heterocycles. The first-order valence-corrected chi connectivity index (χ1v) is 12.8. The van der Waals surface area contributed by atoms with Crippen LogP contribution in [0.5, 0.6) is 0 Å². The van der Waals surface area contributed by atoms with Gasteiger partial charge < -0.3 is 0 Å². The van der Waals surface area contributed by atoms with Crippen LogP contribution in [0.3, 0.4) is 0 Å². The molecular weight excluding hydrogens is 380 g/mol. The van der Waals surface area contributed by atoms with Crippen LogP contribution in [-0.4, -0.2) is 11.6 Å². The molecule has 0 aromatic heterocycles. The minimum Gasteiger partial charge on any atom is -0.198 e. The van der Waals surface area contributed by atoms with E-state index < -0.39 is 11.0 Å². The molecule has 0 aliphatic rings. The van der Waals surface area contributed by atoms with Crippen molar-refractivity contribution in [1.29, 1.82) is 10.5 Å². The first-order valence-electron chi connectivity index (χ1n) is 12.8. The number of nitrogens with zero attached hydrogens (tertiary/aromatic N) is 4. The van der Waals surface area contributed by atoms with Gasteiger partial charge in [0.1, 0.15) is 0 Å². The molecule has 178 valence electrons. The zero-order chi connectivity index (χ0) is 24.2. The predicted molar refractivity (Wildman–Crippen MR) is 132 cm³/mol. The summed E-state index contributed by atoms with van der Waals surface area (Å²) in [5, 5.41) is 30.7. The van der Waals surface area contributed by atoms with Crippen molar-refractivity contribution >= 4 is 0 Å². The van der Waals surface area contributed by atoms with Gasteiger partial charge in [0.25, 0.3) is 0 Å². The number of azo groups is 1. The van der Waals surface area contributed by atoms with Crippen molar-refractivity contribution in [3.63, 3.8) is 0 Å². The summed E-state index contributed by atoms with van der Waals surface area (Å²) in [7, 11) is 0. The molecule has 4 heteroatoms. The second-order valence-corrected chi connectivity index (χ2v) is 10.3. The molecule has 8 unspecified atom stereocenters. The summed E-state index contributed by atoms with van der Waals surface area (Å²) in [5.41, 5.74) is -1.38. The van der Waals surface area contributed by atoms with Crippen molar-refractivity contribution in [2.75, 3.05) is 0 Å². The van der Waals surface area contributed by atoms with Crippen LogP contribution in [0.15, 0.2) is 10.2 Å². The molecule has 0 aliphatic carbocycles. The summed E-state index contributed by atoms with van der Waals surface area (Å²) < 4.78 is 0. The van der Waals surface area contributed by atoms with Crippen LogP contribution in [0.1, 0.15) is 114 Å². The second kappa shape index (κ2) is 13.9. The Morgan fingerprint density at radius 1 is 0.677 bits per heavy atom. The molecule has 0 radical (unpaired) electrons. The lowest BCUT2D eigenvalue weighted by atomic mass is 9.63. The van der Waals surface area contributed by atoms with Gasteiger partial charge in [-0.05, 0) is 42.4 Å². The van der Waals surface area contributed by atoms with E-state index in [4.69, 9.17) is 10.2 Å². The fourth-order valence-electron chi connectivity index (χ4n) is 4.57. The highest BCUT2D eigenvalue weighted by molar-refractivity contribution is 5.13. The van der Waals surface area contributed by atoms with Crippen molar-refractivity contribution < 1.29 is 0 Å². The molecule has 0 fully saturated rings. The molecule has 0 aromatic carbocycles. The van der Waals surface area contributed by atoms with Gasteiger partial charge in [-0.2, -0.15) is 20.8 Å². The molecule has 0 heterocycles. The maximum absolute atomic E-state index is 10.5. The summed E-state index contributed by atoms with van der Waals surface area (Å²) in [6.07, 6.45) is 6.39. The van der Waals surface area contributed by atoms with Gasteiger partial charge in [-0.1, -0.05) is 101 Å². The van der Waals surface area contributed by atoms with Crippen LogP contribution in [0.4, 0.5) is 0 Å². The average Bonchev–Trinajstić information content (AvgIpc) is 2.80. The Bertz CT molecular complexity index is 616. The Morgan fingerprint density at radius 3 is 1.58 bits per heavy atom. The molecule has 0 spiro atoms. The number of hydrogen-bond donors (Lipinski definition) is 0. The fraction of sp³-hybridized carbons (Fsp3) is 0.926. The third kappa shape index (κ3) is 7.30. The zero-order valence-electron chi connectivity index (χ0n) is 22.2. The highest BCUT2D eigenvalue weighted by atomic mass is 15.2. The smallest absolute Gasteiger partial charge is 0.170 e. The van der Waals surface area contributed by atoms with Crippen molar-refractivity contribution in [2.24, 2.45) is 45.2 Å². The van der Waals surface area contributed by atoms with Gasteiger partial charge in [0.05, 0.1) is 23.6 Å². The molecule has 0 N–H and O–H groups in total. The van der Waals surface area contributed by atoms with Gasteiger partial charge in [0.15, 0.2) is 5.54 Å². The Hall–Kier alpha value is -1.42. The maximum Gasteiger partial charge on any atom is 0.170 e. The van der Waals surface area contributed by atoms with E-state index in [9.17, 15) is 10.5 Å². The van der Waals surface area contributed by atoms with E-state index in [1.54, 1.807) is 0 Å². The normalized spacial score (nSPS) is 21.7. The first-order chi connectivity index (χ1) is 14.6. The summed E-state index contributed by atoms with van der Waals surface area (Å²) in [6.45, 7) is 21.8. The standard InChI is InChI=1S/C27H50N4/c1-11-20(6)16-26(18-28,23(9)14-4)25(22(8)13-3)30-31-27(19-29,24(10)15-5)17-21(7)12-2/h20-25H,11-17H2,1-10H3. The van der Waals surface area contributed by atoms with Gasteiger partial charge in [-0.15, -0.1) is 0 Å². The monoisotopic (exact) mass is 430 g/mol. The van der Waals surface area contributed by atoms with Crippen LogP contribution in [-0.2, 0) is 0 Å². The predicted octanol–water partition coefficient (Wildman–Crippen LogP) is 8.59. The molecule has 0 aromatic rings. The number of nitriles is 2. The molecule has 0 rings (SSSR count). The maximum atomic E-state index is 10.5. The lowest BCUT2D eigenvalue weighted by Gasteiger charge is -2.41. The van der Waals surface area contributed by atoms with Crippen molar-refractivity contribution in [3.05, 3.63) is 0 Å². The second-order valence-electron chi connectivity index (χ2n) is 10.3. The SMILES string of the molecule is CCC(C)CC(C#N)(N=NC(C(C)CC)C(C#N)(CC(C)CC)C(C)CC)C(C)CC. The van der Waals surface area contributed by atoms with Crippen molar-refractivity contribution in [3.8, 4) is 12.1 Å². The van der Waals surface area contributed by atoms with Crippen LogP contribution in [0.25, 0.3) is 0 Å². The van der Waals surface area contributed by atoms with E-state index in [0.29, 0.717) is 11.8 Å².